The van der Waals surface area contributed by atoms with E-state index < -0.39 is 11.9 Å². The van der Waals surface area contributed by atoms with Gasteiger partial charge in [0.2, 0.25) is 0 Å². The Bertz CT molecular complexity index is 840. The second-order valence-electron chi connectivity index (χ2n) is 5.59. The van der Waals surface area contributed by atoms with Crippen LogP contribution in [0.3, 0.4) is 0 Å². The fourth-order valence-electron chi connectivity index (χ4n) is 2.33. The van der Waals surface area contributed by atoms with Crippen molar-refractivity contribution >= 4 is 17.6 Å². The fraction of sp³-hybridized carbons (Fsp3) is 0.250. The molecule has 140 valence electrons. The zero-order valence-corrected chi connectivity index (χ0v) is 15.2. The van der Waals surface area contributed by atoms with Gasteiger partial charge in [-0.05, 0) is 48.4 Å². The van der Waals surface area contributed by atoms with Gasteiger partial charge >= 0.3 is 5.97 Å². The maximum absolute atomic E-state index is 11.8. The fourth-order valence-corrected chi connectivity index (χ4v) is 2.33. The number of carbonyl (C=O) groups is 2. The second-order valence-corrected chi connectivity index (χ2v) is 5.59. The van der Waals surface area contributed by atoms with Crippen molar-refractivity contribution in [1.82, 2.24) is 0 Å². The molecule has 2 aromatic carbocycles. The molecule has 1 N–H and O–H groups in total. The van der Waals surface area contributed by atoms with Gasteiger partial charge in [-0.3, -0.25) is 9.59 Å². The molecule has 0 fully saturated rings. The monoisotopic (exact) mass is 368 g/mol. The van der Waals surface area contributed by atoms with E-state index in [0.717, 1.165) is 5.56 Å². The van der Waals surface area contributed by atoms with E-state index >= 15 is 0 Å². The van der Waals surface area contributed by atoms with Crippen LogP contribution in [0, 0.1) is 11.3 Å². The van der Waals surface area contributed by atoms with Crippen molar-refractivity contribution in [2.45, 2.75) is 12.8 Å². The van der Waals surface area contributed by atoms with E-state index in [-0.39, 0.29) is 13.0 Å². The summed E-state index contributed by atoms with van der Waals surface area (Å²) < 4.78 is 15.4. The van der Waals surface area contributed by atoms with Gasteiger partial charge in [-0.15, -0.1) is 0 Å². The standard InChI is InChI=1S/C20H20N2O5/c1-25-17-9-5-14(11-18(17)26-2)6-10-20(24)27-13-19(23)22-16-7-3-15(12-21)4-8-16/h3-5,7-9,11H,6,10,13H2,1-2H3,(H,22,23). The van der Waals surface area contributed by atoms with Gasteiger partial charge in [0.25, 0.3) is 5.91 Å². The van der Waals surface area contributed by atoms with Crippen molar-refractivity contribution in [2.24, 2.45) is 0 Å². The van der Waals surface area contributed by atoms with E-state index in [0.29, 0.717) is 29.2 Å². The van der Waals surface area contributed by atoms with Crippen LogP contribution >= 0.6 is 0 Å². The number of nitriles is 1. The average molecular weight is 368 g/mol. The van der Waals surface area contributed by atoms with E-state index in [2.05, 4.69) is 5.32 Å². The largest absolute Gasteiger partial charge is 0.493 e. The van der Waals surface area contributed by atoms with Crippen molar-refractivity contribution in [3.8, 4) is 17.6 Å². The molecule has 27 heavy (non-hydrogen) atoms. The smallest absolute Gasteiger partial charge is 0.306 e. The minimum absolute atomic E-state index is 0.139. The summed E-state index contributed by atoms with van der Waals surface area (Å²) in [6.07, 6.45) is 0.593. The summed E-state index contributed by atoms with van der Waals surface area (Å²) in [5.41, 5.74) is 1.92. The number of ether oxygens (including phenoxy) is 3. The Kier molecular flexibility index (Phi) is 7.20. The molecular weight excluding hydrogens is 348 g/mol. The maximum atomic E-state index is 11.8. The predicted molar refractivity (Wildman–Crippen MR) is 98.6 cm³/mol. The first kappa shape index (κ1) is 19.8. The van der Waals surface area contributed by atoms with Crippen LogP contribution in [0.5, 0.6) is 11.5 Å². The molecule has 2 aromatic rings. The zero-order valence-electron chi connectivity index (χ0n) is 15.2. The first-order valence-corrected chi connectivity index (χ1v) is 8.22. The Morgan fingerprint density at radius 2 is 1.74 bits per heavy atom. The Balaban J connectivity index is 1.77. The number of esters is 1. The Labute approximate surface area is 157 Å². The van der Waals surface area contributed by atoms with Crippen LogP contribution in [0.25, 0.3) is 0 Å². The highest BCUT2D eigenvalue weighted by Gasteiger charge is 2.10. The quantitative estimate of drug-likeness (QED) is 0.720. The zero-order chi connectivity index (χ0) is 19.6. The number of anilines is 1. The van der Waals surface area contributed by atoms with Crippen LogP contribution in [0.2, 0.25) is 0 Å². The first-order chi connectivity index (χ1) is 13.0. The molecule has 0 unspecified atom stereocenters. The summed E-state index contributed by atoms with van der Waals surface area (Å²) in [5, 5.41) is 11.3. The molecule has 0 aliphatic heterocycles. The highest BCUT2D eigenvalue weighted by molar-refractivity contribution is 5.92. The third kappa shape index (κ3) is 6.04. The van der Waals surface area contributed by atoms with Gasteiger partial charge in [0.05, 0.1) is 25.9 Å². The molecule has 1 amide bonds. The topological polar surface area (TPSA) is 97.6 Å². The SMILES string of the molecule is COc1ccc(CCC(=O)OCC(=O)Nc2ccc(C#N)cc2)cc1OC. The lowest BCUT2D eigenvalue weighted by molar-refractivity contribution is -0.147. The van der Waals surface area contributed by atoms with E-state index in [1.807, 2.05) is 12.1 Å². The minimum atomic E-state index is -0.472. The summed E-state index contributed by atoms with van der Waals surface area (Å²) in [4.78, 5) is 23.7. The molecular formula is C20H20N2O5. The molecule has 0 heterocycles. The first-order valence-electron chi connectivity index (χ1n) is 8.22. The lowest BCUT2D eigenvalue weighted by Crippen LogP contribution is -2.21. The minimum Gasteiger partial charge on any atom is -0.493 e. The van der Waals surface area contributed by atoms with Crippen LogP contribution in [0.4, 0.5) is 5.69 Å². The molecule has 0 aliphatic rings. The molecule has 2 rings (SSSR count). The van der Waals surface area contributed by atoms with Crippen LogP contribution in [0.1, 0.15) is 17.5 Å². The Hall–Kier alpha value is -3.53. The lowest BCUT2D eigenvalue weighted by Gasteiger charge is -2.10. The van der Waals surface area contributed by atoms with Crippen LogP contribution in [0.15, 0.2) is 42.5 Å². The van der Waals surface area contributed by atoms with Gasteiger partial charge in [-0.2, -0.15) is 5.26 Å². The van der Waals surface area contributed by atoms with Crippen molar-refractivity contribution in [2.75, 3.05) is 26.1 Å². The van der Waals surface area contributed by atoms with E-state index in [1.54, 1.807) is 50.6 Å². The molecule has 0 atom stereocenters. The number of nitrogens with zero attached hydrogens (tertiary/aromatic N) is 1. The Morgan fingerprint density at radius 1 is 1.04 bits per heavy atom. The normalized spacial score (nSPS) is 9.81. The van der Waals surface area contributed by atoms with Crippen LogP contribution < -0.4 is 14.8 Å². The Morgan fingerprint density at radius 3 is 2.37 bits per heavy atom. The summed E-state index contributed by atoms with van der Waals surface area (Å²) >= 11 is 0. The van der Waals surface area contributed by atoms with Crippen molar-refractivity contribution < 1.29 is 23.8 Å². The van der Waals surface area contributed by atoms with Gasteiger partial charge in [-0.25, -0.2) is 0 Å². The number of benzene rings is 2. The molecule has 0 saturated heterocycles. The molecule has 0 aromatic heterocycles. The van der Waals surface area contributed by atoms with Crippen molar-refractivity contribution in [3.05, 3.63) is 53.6 Å². The average Bonchev–Trinajstić information content (AvgIpc) is 2.71. The van der Waals surface area contributed by atoms with Gasteiger partial charge < -0.3 is 19.5 Å². The van der Waals surface area contributed by atoms with Gasteiger partial charge in [0, 0.05) is 12.1 Å². The molecule has 0 aliphatic carbocycles. The van der Waals surface area contributed by atoms with Gasteiger partial charge in [0.1, 0.15) is 0 Å². The van der Waals surface area contributed by atoms with E-state index in [1.165, 1.54) is 0 Å². The second kappa shape index (κ2) is 9.82. The molecule has 0 saturated carbocycles. The molecule has 7 nitrogen and oxygen atoms in total. The van der Waals surface area contributed by atoms with Crippen molar-refractivity contribution in [3.63, 3.8) is 0 Å². The number of hydrogen-bond acceptors (Lipinski definition) is 6. The highest BCUT2D eigenvalue weighted by atomic mass is 16.5. The van der Waals surface area contributed by atoms with E-state index in [9.17, 15) is 9.59 Å². The van der Waals surface area contributed by atoms with Gasteiger partial charge in [0.15, 0.2) is 18.1 Å². The van der Waals surface area contributed by atoms with Crippen molar-refractivity contribution in [1.29, 1.82) is 5.26 Å². The number of rotatable bonds is 8. The molecule has 0 bridgehead atoms. The molecule has 0 radical (unpaired) electrons. The number of amides is 1. The maximum Gasteiger partial charge on any atom is 0.306 e. The lowest BCUT2D eigenvalue weighted by atomic mass is 10.1. The highest BCUT2D eigenvalue weighted by Crippen LogP contribution is 2.27. The number of aryl methyl sites for hydroxylation is 1. The number of hydrogen-bond donors (Lipinski definition) is 1. The number of nitrogens with one attached hydrogen (secondary N) is 1. The third-order valence-corrected chi connectivity index (χ3v) is 3.73. The summed E-state index contributed by atoms with van der Waals surface area (Å²) in [5.74, 6) is 0.285. The van der Waals surface area contributed by atoms with E-state index in [4.69, 9.17) is 19.5 Å². The summed E-state index contributed by atoms with van der Waals surface area (Å²) in [6, 6.07) is 13.8. The molecule has 7 heteroatoms. The summed E-state index contributed by atoms with van der Waals surface area (Å²) in [6.45, 7) is -0.370. The summed E-state index contributed by atoms with van der Waals surface area (Å²) in [7, 11) is 3.10. The third-order valence-electron chi connectivity index (χ3n) is 3.73. The number of carbonyl (C=O) groups excluding carboxylic acids is 2. The predicted octanol–water partition coefficient (Wildman–Crippen LogP) is 2.69. The van der Waals surface area contributed by atoms with Gasteiger partial charge in [-0.1, -0.05) is 6.07 Å². The molecule has 0 spiro atoms. The number of methoxy groups -OCH3 is 2. The van der Waals surface area contributed by atoms with Crippen LogP contribution in [-0.2, 0) is 20.7 Å². The van der Waals surface area contributed by atoms with Crippen LogP contribution in [-0.4, -0.2) is 32.7 Å².